The minimum atomic E-state index is -0.172. The predicted molar refractivity (Wildman–Crippen MR) is 54.9 cm³/mol. The van der Waals surface area contributed by atoms with Crippen LogP contribution >= 0.6 is 0 Å². The van der Waals surface area contributed by atoms with Gasteiger partial charge in [-0.05, 0) is 32.1 Å². The van der Waals surface area contributed by atoms with E-state index in [1.54, 1.807) is 7.11 Å². The molecule has 0 N–H and O–H groups in total. The second-order valence-corrected chi connectivity index (χ2v) is 4.46. The van der Waals surface area contributed by atoms with Gasteiger partial charge in [-0.1, -0.05) is 5.92 Å². The van der Waals surface area contributed by atoms with E-state index in [0.29, 0.717) is 6.61 Å². The van der Waals surface area contributed by atoms with E-state index in [9.17, 15) is 0 Å². The van der Waals surface area contributed by atoms with E-state index in [0.717, 1.165) is 32.3 Å². The van der Waals surface area contributed by atoms with Gasteiger partial charge >= 0.3 is 0 Å². The molecule has 1 aliphatic heterocycles. The van der Waals surface area contributed by atoms with Crippen LogP contribution in [-0.2, 0) is 9.47 Å². The minimum absolute atomic E-state index is 0.0105. The van der Waals surface area contributed by atoms with Crippen LogP contribution in [0.4, 0.5) is 0 Å². The molecule has 1 atom stereocenters. The van der Waals surface area contributed by atoms with E-state index in [2.05, 4.69) is 5.92 Å². The fourth-order valence-electron chi connectivity index (χ4n) is 2.57. The zero-order chi connectivity index (χ0) is 10.1. The monoisotopic (exact) mass is 194 g/mol. The molecule has 1 unspecified atom stereocenters. The van der Waals surface area contributed by atoms with Crippen LogP contribution < -0.4 is 0 Å². The standard InChI is InChI=1S/C12H18O2/c1-3-11(7-8-11)12(10-13-2)6-4-5-9-14-12/h1H,4-10H2,2H3. The van der Waals surface area contributed by atoms with Crippen molar-refractivity contribution < 1.29 is 9.47 Å². The molecule has 0 aromatic carbocycles. The molecule has 1 saturated carbocycles. The van der Waals surface area contributed by atoms with E-state index in [-0.39, 0.29) is 11.0 Å². The smallest absolute Gasteiger partial charge is 0.108 e. The van der Waals surface area contributed by atoms with Crippen LogP contribution in [-0.4, -0.2) is 25.9 Å². The van der Waals surface area contributed by atoms with Crippen molar-refractivity contribution in [3.63, 3.8) is 0 Å². The highest BCUT2D eigenvalue weighted by molar-refractivity contribution is 5.25. The van der Waals surface area contributed by atoms with Crippen LogP contribution in [0.5, 0.6) is 0 Å². The molecule has 2 rings (SSSR count). The minimum Gasteiger partial charge on any atom is -0.382 e. The number of hydrogen-bond donors (Lipinski definition) is 0. The van der Waals surface area contributed by atoms with E-state index in [4.69, 9.17) is 15.9 Å². The molecule has 14 heavy (non-hydrogen) atoms. The summed E-state index contributed by atoms with van der Waals surface area (Å²) < 4.78 is 11.2. The number of terminal acetylenes is 1. The van der Waals surface area contributed by atoms with Crippen LogP contribution in [0, 0.1) is 17.8 Å². The highest BCUT2D eigenvalue weighted by Gasteiger charge is 2.59. The summed E-state index contributed by atoms with van der Waals surface area (Å²) in [7, 11) is 1.73. The van der Waals surface area contributed by atoms with Gasteiger partial charge in [-0.2, -0.15) is 0 Å². The van der Waals surface area contributed by atoms with Crippen molar-refractivity contribution in [3.05, 3.63) is 0 Å². The maximum atomic E-state index is 5.96. The second-order valence-electron chi connectivity index (χ2n) is 4.46. The van der Waals surface area contributed by atoms with Gasteiger partial charge in [0.2, 0.25) is 0 Å². The van der Waals surface area contributed by atoms with Crippen LogP contribution in [0.3, 0.4) is 0 Å². The molecule has 1 aliphatic carbocycles. The Bertz CT molecular complexity index is 236. The normalized spacial score (nSPS) is 34.9. The van der Waals surface area contributed by atoms with E-state index in [1.807, 2.05) is 0 Å². The molecule has 0 amide bonds. The third-order valence-corrected chi connectivity index (χ3v) is 3.63. The molecule has 1 saturated heterocycles. The van der Waals surface area contributed by atoms with Gasteiger partial charge in [-0.25, -0.2) is 0 Å². The van der Waals surface area contributed by atoms with Crippen LogP contribution in [0.25, 0.3) is 0 Å². The van der Waals surface area contributed by atoms with Gasteiger partial charge in [0.05, 0.1) is 12.0 Å². The molecule has 2 fully saturated rings. The molecule has 0 bridgehead atoms. The molecule has 2 nitrogen and oxygen atoms in total. The zero-order valence-electron chi connectivity index (χ0n) is 8.84. The van der Waals surface area contributed by atoms with Gasteiger partial charge in [0.15, 0.2) is 0 Å². The van der Waals surface area contributed by atoms with Crippen molar-refractivity contribution >= 4 is 0 Å². The largest absolute Gasteiger partial charge is 0.382 e. The fourth-order valence-corrected chi connectivity index (χ4v) is 2.57. The fraction of sp³-hybridized carbons (Fsp3) is 0.833. The topological polar surface area (TPSA) is 18.5 Å². The van der Waals surface area contributed by atoms with Crippen molar-refractivity contribution in [3.8, 4) is 12.3 Å². The molecule has 1 heterocycles. The summed E-state index contributed by atoms with van der Waals surface area (Å²) in [4.78, 5) is 0. The molecule has 0 radical (unpaired) electrons. The Labute approximate surface area is 86.0 Å². The van der Waals surface area contributed by atoms with Gasteiger partial charge < -0.3 is 9.47 Å². The lowest BCUT2D eigenvalue weighted by Crippen LogP contribution is -2.48. The van der Waals surface area contributed by atoms with Gasteiger partial charge in [-0.3, -0.25) is 0 Å². The molecule has 2 heteroatoms. The number of rotatable bonds is 3. The SMILES string of the molecule is C#CC1(C2(COC)CCCCO2)CC1. The van der Waals surface area contributed by atoms with Crippen LogP contribution in [0.1, 0.15) is 32.1 Å². The zero-order valence-corrected chi connectivity index (χ0v) is 8.84. The first-order valence-electron chi connectivity index (χ1n) is 5.39. The molecule has 0 aromatic heterocycles. The Morgan fingerprint density at radius 1 is 1.36 bits per heavy atom. The Hall–Kier alpha value is -0.520. The predicted octanol–water partition coefficient (Wildman–Crippen LogP) is 1.99. The summed E-state index contributed by atoms with van der Waals surface area (Å²) in [5.41, 5.74) is -0.182. The number of hydrogen-bond acceptors (Lipinski definition) is 2. The summed E-state index contributed by atoms with van der Waals surface area (Å²) in [6.07, 6.45) is 11.3. The Morgan fingerprint density at radius 2 is 2.14 bits per heavy atom. The summed E-state index contributed by atoms with van der Waals surface area (Å²) >= 11 is 0. The molecule has 2 aliphatic rings. The van der Waals surface area contributed by atoms with Crippen molar-refractivity contribution in [2.75, 3.05) is 20.3 Å². The molecular formula is C12H18O2. The maximum absolute atomic E-state index is 5.96. The summed E-state index contributed by atoms with van der Waals surface area (Å²) in [5, 5.41) is 0. The van der Waals surface area contributed by atoms with Crippen LogP contribution in [0.15, 0.2) is 0 Å². The van der Waals surface area contributed by atoms with Crippen molar-refractivity contribution in [1.82, 2.24) is 0 Å². The lowest BCUT2D eigenvalue weighted by Gasteiger charge is -2.41. The average molecular weight is 194 g/mol. The van der Waals surface area contributed by atoms with Gasteiger partial charge in [-0.15, -0.1) is 6.42 Å². The second kappa shape index (κ2) is 3.56. The van der Waals surface area contributed by atoms with Gasteiger partial charge in [0.25, 0.3) is 0 Å². The molecule has 78 valence electrons. The lowest BCUT2D eigenvalue weighted by molar-refractivity contribution is -0.144. The highest BCUT2D eigenvalue weighted by Crippen LogP contribution is 2.58. The number of methoxy groups -OCH3 is 1. The third-order valence-electron chi connectivity index (χ3n) is 3.63. The van der Waals surface area contributed by atoms with Crippen molar-refractivity contribution in [1.29, 1.82) is 0 Å². The summed E-state index contributed by atoms with van der Waals surface area (Å²) in [6.45, 7) is 1.49. The Balaban J connectivity index is 2.17. The van der Waals surface area contributed by atoms with Gasteiger partial charge in [0, 0.05) is 13.7 Å². The van der Waals surface area contributed by atoms with Crippen molar-refractivity contribution in [2.24, 2.45) is 5.41 Å². The van der Waals surface area contributed by atoms with E-state index >= 15 is 0 Å². The first-order chi connectivity index (χ1) is 6.79. The van der Waals surface area contributed by atoms with E-state index in [1.165, 1.54) is 6.42 Å². The Morgan fingerprint density at radius 3 is 2.57 bits per heavy atom. The summed E-state index contributed by atoms with van der Waals surface area (Å²) in [5.74, 6) is 2.94. The first-order valence-corrected chi connectivity index (χ1v) is 5.39. The number of ether oxygens (including phenoxy) is 2. The highest BCUT2D eigenvalue weighted by atomic mass is 16.5. The van der Waals surface area contributed by atoms with Crippen molar-refractivity contribution in [2.45, 2.75) is 37.7 Å². The molecular weight excluding hydrogens is 176 g/mol. The maximum Gasteiger partial charge on any atom is 0.108 e. The quantitative estimate of drug-likeness (QED) is 0.640. The van der Waals surface area contributed by atoms with Crippen LogP contribution in [0.2, 0.25) is 0 Å². The average Bonchev–Trinajstić information content (AvgIpc) is 3.00. The third kappa shape index (κ3) is 1.36. The molecule has 0 aromatic rings. The summed E-state index contributed by atoms with van der Waals surface area (Å²) in [6, 6.07) is 0. The Kier molecular flexibility index (Phi) is 2.55. The van der Waals surface area contributed by atoms with E-state index < -0.39 is 0 Å². The lowest BCUT2D eigenvalue weighted by atomic mass is 9.79. The molecule has 0 spiro atoms. The first kappa shape index (κ1) is 10.0. The van der Waals surface area contributed by atoms with Gasteiger partial charge in [0.1, 0.15) is 5.60 Å².